The van der Waals surface area contributed by atoms with Crippen LogP contribution in [0.1, 0.15) is 43.4 Å². The van der Waals surface area contributed by atoms with Gasteiger partial charge in [-0.3, -0.25) is 4.79 Å². The van der Waals surface area contributed by atoms with Gasteiger partial charge in [0, 0.05) is 17.5 Å². The van der Waals surface area contributed by atoms with Crippen molar-refractivity contribution in [1.29, 1.82) is 0 Å². The molecule has 126 valence electrons. The Bertz CT molecular complexity index is 772. The zero-order valence-corrected chi connectivity index (χ0v) is 14.2. The van der Waals surface area contributed by atoms with Crippen LogP contribution in [0, 0.1) is 0 Å². The monoisotopic (exact) mass is 346 g/mol. The number of nitrogens with zero attached hydrogens (tertiary/aromatic N) is 4. The normalized spacial score (nSPS) is 19.9. The predicted octanol–water partition coefficient (Wildman–Crippen LogP) is 2.79. The topological polar surface area (TPSA) is 60.3 Å². The number of fused-ring (bicyclic) bond motifs is 1. The van der Waals surface area contributed by atoms with E-state index < -0.39 is 0 Å². The highest BCUT2D eigenvalue weighted by atomic mass is 35.5. The predicted molar refractivity (Wildman–Crippen MR) is 89.1 cm³/mol. The Balaban J connectivity index is 1.42. The largest absolute Gasteiger partial charge is 0.484 e. The lowest BCUT2D eigenvalue weighted by atomic mass is 10.2. The smallest absolute Gasteiger partial charge is 0.260 e. The van der Waals surface area contributed by atoms with Crippen molar-refractivity contribution in [3.63, 3.8) is 0 Å². The molecule has 1 aromatic heterocycles. The van der Waals surface area contributed by atoms with Crippen molar-refractivity contribution < 1.29 is 9.53 Å². The average molecular weight is 347 g/mol. The van der Waals surface area contributed by atoms with Crippen molar-refractivity contribution in [2.24, 2.45) is 0 Å². The van der Waals surface area contributed by atoms with Crippen molar-refractivity contribution in [1.82, 2.24) is 19.7 Å². The molecule has 7 heteroatoms. The summed E-state index contributed by atoms with van der Waals surface area (Å²) in [5, 5.41) is 9.22. The van der Waals surface area contributed by atoms with Gasteiger partial charge in [0.25, 0.3) is 5.91 Å². The SMILES string of the molecule is C[C@H]1CN(C(=O)COc2cccc(Cl)c2)Cc2nnc(C3CC3)n21. The Hall–Kier alpha value is -2.08. The number of carbonyl (C=O) groups excluding carboxylic acids is 1. The number of carbonyl (C=O) groups is 1. The van der Waals surface area contributed by atoms with Crippen molar-refractivity contribution in [2.75, 3.05) is 13.2 Å². The van der Waals surface area contributed by atoms with E-state index in [0.717, 1.165) is 11.6 Å². The summed E-state index contributed by atoms with van der Waals surface area (Å²) in [5.74, 6) is 3.05. The maximum Gasteiger partial charge on any atom is 0.260 e. The molecule has 0 saturated heterocycles. The first-order chi connectivity index (χ1) is 11.6. The molecule has 4 rings (SSSR count). The van der Waals surface area contributed by atoms with E-state index in [1.807, 2.05) is 0 Å². The Morgan fingerprint density at radius 2 is 2.21 bits per heavy atom. The quantitative estimate of drug-likeness (QED) is 0.854. The molecule has 1 aliphatic carbocycles. The van der Waals surface area contributed by atoms with E-state index >= 15 is 0 Å². The molecular formula is C17H19ClN4O2. The average Bonchev–Trinajstić information content (AvgIpc) is 3.32. The summed E-state index contributed by atoms with van der Waals surface area (Å²) in [6.07, 6.45) is 2.39. The number of rotatable bonds is 4. The van der Waals surface area contributed by atoms with E-state index in [1.54, 1.807) is 29.2 Å². The van der Waals surface area contributed by atoms with Gasteiger partial charge in [0.1, 0.15) is 11.6 Å². The van der Waals surface area contributed by atoms with Gasteiger partial charge in [0.05, 0.1) is 12.6 Å². The molecule has 0 unspecified atom stereocenters. The third kappa shape index (κ3) is 2.98. The Morgan fingerprint density at radius 3 is 2.96 bits per heavy atom. The maximum atomic E-state index is 12.5. The van der Waals surface area contributed by atoms with Crippen LogP contribution in [0.3, 0.4) is 0 Å². The number of hydrogen-bond acceptors (Lipinski definition) is 4. The first-order valence-corrected chi connectivity index (χ1v) is 8.59. The van der Waals surface area contributed by atoms with E-state index in [0.29, 0.717) is 29.8 Å². The van der Waals surface area contributed by atoms with Gasteiger partial charge in [0.2, 0.25) is 0 Å². The van der Waals surface area contributed by atoms with Gasteiger partial charge >= 0.3 is 0 Å². The second-order valence-corrected chi connectivity index (χ2v) is 6.92. The summed E-state index contributed by atoms with van der Waals surface area (Å²) in [6, 6.07) is 7.25. The minimum Gasteiger partial charge on any atom is -0.484 e. The van der Waals surface area contributed by atoms with E-state index in [9.17, 15) is 4.79 Å². The highest BCUT2D eigenvalue weighted by Gasteiger charge is 2.35. The summed E-state index contributed by atoms with van der Waals surface area (Å²) in [5.41, 5.74) is 0. The Morgan fingerprint density at radius 1 is 1.38 bits per heavy atom. The molecule has 1 aromatic carbocycles. The molecule has 1 atom stereocenters. The highest BCUT2D eigenvalue weighted by Crippen LogP contribution is 2.40. The first kappa shape index (κ1) is 15.4. The van der Waals surface area contributed by atoms with Crippen LogP contribution in [0.2, 0.25) is 5.02 Å². The molecule has 0 bridgehead atoms. The van der Waals surface area contributed by atoms with Crippen molar-refractivity contribution in [2.45, 2.75) is 38.3 Å². The zero-order chi connectivity index (χ0) is 16.7. The van der Waals surface area contributed by atoms with Crippen LogP contribution in [0.5, 0.6) is 5.75 Å². The lowest BCUT2D eigenvalue weighted by Crippen LogP contribution is -2.42. The van der Waals surface area contributed by atoms with Gasteiger partial charge in [-0.25, -0.2) is 0 Å². The number of halogens is 1. The Kier molecular flexibility index (Phi) is 3.92. The fourth-order valence-electron chi connectivity index (χ4n) is 3.16. The van der Waals surface area contributed by atoms with Crippen LogP contribution in [-0.2, 0) is 11.3 Å². The van der Waals surface area contributed by atoms with Crippen LogP contribution >= 0.6 is 11.6 Å². The summed E-state index contributed by atoms with van der Waals surface area (Å²) < 4.78 is 7.77. The van der Waals surface area contributed by atoms with Gasteiger partial charge in [0.15, 0.2) is 12.4 Å². The molecular weight excluding hydrogens is 328 g/mol. The van der Waals surface area contributed by atoms with E-state index in [2.05, 4.69) is 21.7 Å². The molecule has 6 nitrogen and oxygen atoms in total. The lowest BCUT2D eigenvalue weighted by Gasteiger charge is -2.32. The Labute approximate surface area is 145 Å². The summed E-state index contributed by atoms with van der Waals surface area (Å²) in [7, 11) is 0. The van der Waals surface area contributed by atoms with Gasteiger partial charge in [-0.15, -0.1) is 10.2 Å². The number of hydrogen-bond donors (Lipinski definition) is 0. The first-order valence-electron chi connectivity index (χ1n) is 8.21. The molecule has 2 aromatic rings. The molecule has 0 spiro atoms. The molecule has 2 heterocycles. The molecule has 2 aliphatic rings. The zero-order valence-electron chi connectivity index (χ0n) is 13.5. The summed E-state index contributed by atoms with van der Waals surface area (Å²) >= 11 is 5.92. The number of amides is 1. The minimum absolute atomic E-state index is 0.00329. The molecule has 24 heavy (non-hydrogen) atoms. The third-order valence-corrected chi connectivity index (χ3v) is 4.74. The molecule has 1 fully saturated rings. The summed E-state index contributed by atoms with van der Waals surface area (Å²) in [6.45, 7) is 3.25. The second kappa shape index (κ2) is 6.09. The van der Waals surface area contributed by atoms with E-state index in [4.69, 9.17) is 16.3 Å². The van der Waals surface area contributed by atoms with Gasteiger partial charge < -0.3 is 14.2 Å². The minimum atomic E-state index is -0.0518. The van der Waals surface area contributed by atoms with Gasteiger partial charge in [-0.05, 0) is 38.0 Å². The fraction of sp³-hybridized carbons (Fsp3) is 0.471. The van der Waals surface area contributed by atoms with Crippen LogP contribution in [0.4, 0.5) is 0 Å². The molecule has 1 aliphatic heterocycles. The number of aromatic nitrogens is 3. The van der Waals surface area contributed by atoms with Crippen LogP contribution in [0.25, 0.3) is 0 Å². The standard InChI is InChI=1S/C17H19ClN4O2/c1-11-8-21(9-15-19-20-17(22(11)15)12-5-6-12)16(23)10-24-14-4-2-3-13(18)7-14/h2-4,7,11-12H,5-6,8-10H2,1H3/t11-/m0/s1. The molecule has 0 radical (unpaired) electrons. The van der Waals surface area contributed by atoms with Crippen molar-refractivity contribution in [3.05, 3.63) is 40.9 Å². The van der Waals surface area contributed by atoms with Crippen molar-refractivity contribution in [3.8, 4) is 5.75 Å². The second-order valence-electron chi connectivity index (χ2n) is 6.49. The summed E-state index contributed by atoms with van der Waals surface area (Å²) in [4.78, 5) is 14.3. The lowest BCUT2D eigenvalue weighted by molar-refractivity contribution is -0.135. The van der Waals surface area contributed by atoms with Crippen LogP contribution in [-0.4, -0.2) is 38.7 Å². The van der Waals surface area contributed by atoms with Crippen LogP contribution < -0.4 is 4.74 Å². The van der Waals surface area contributed by atoms with Crippen molar-refractivity contribution >= 4 is 17.5 Å². The van der Waals surface area contributed by atoms with E-state index in [1.165, 1.54) is 12.8 Å². The molecule has 0 N–H and O–H groups in total. The molecule has 1 amide bonds. The highest BCUT2D eigenvalue weighted by molar-refractivity contribution is 6.30. The van der Waals surface area contributed by atoms with E-state index in [-0.39, 0.29) is 18.6 Å². The number of benzene rings is 1. The maximum absolute atomic E-state index is 12.5. The fourth-order valence-corrected chi connectivity index (χ4v) is 3.34. The van der Waals surface area contributed by atoms with Crippen LogP contribution in [0.15, 0.2) is 24.3 Å². The third-order valence-electron chi connectivity index (χ3n) is 4.50. The molecule has 1 saturated carbocycles. The van der Waals surface area contributed by atoms with Gasteiger partial charge in [-0.1, -0.05) is 17.7 Å². The number of ether oxygens (including phenoxy) is 1. The van der Waals surface area contributed by atoms with Gasteiger partial charge in [-0.2, -0.15) is 0 Å².